The molecule has 154 valence electrons. The maximum Gasteiger partial charge on any atom is 0.262 e. The van der Waals surface area contributed by atoms with Crippen LogP contribution in [-0.2, 0) is 10.0 Å². The van der Waals surface area contributed by atoms with Crippen molar-refractivity contribution >= 4 is 27.3 Å². The van der Waals surface area contributed by atoms with Crippen LogP contribution in [0.1, 0.15) is 10.4 Å². The first kappa shape index (κ1) is 19.7. The predicted molar refractivity (Wildman–Crippen MR) is 109 cm³/mol. The van der Waals surface area contributed by atoms with E-state index in [-0.39, 0.29) is 21.8 Å². The maximum atomic E-state index is 13.7. The summed E-state index contributed by atoms with van der Waals surface area (Å²) in [7, 11) is -3.93. The standard InChI is InChI=1S/C21H17FN2O5S/c22-17-6-1-2-7-18(17)23-21(25)14-4-3-5-15(12-14)24-30(26,27)16-8-9-19-20(13-16)29-11-10-28-19/h1-9,12-13,24H,10-11H2,(H,23,25). The molecule has 0 spiro atoms. The Kier molecular flexibility index (Phi) is 5.28. The molecule has 3 aromatic carbocycles. The number of fused-ring (bicyclic) bond motifs is 1. The van der Waals surface area contributed by atoms with Crippen LogP contribution >= 0.6 is 0 Å². The second-order valence-corrected chi connectivity index (χ2v) is 8.11. The smallest absolute Gasteiger partial charge is 0.262 e. The van der Waals surface area contributed by atoms with Gasteiger partial charge in [-0.15, -0.1) is 0 Å². The quantitative estimate of drug-likeness (QED) is 0.647. The molecule has 2 N–H and O–H groups in total. The van der Waals surface area contributed by atoms with Crippen LogP contribution in [0.25, 0.3) is 0 Å². The fourth-order valence-electron chi connectivity index (χ4n) is 2.89. The molecule has 3 aromatic rings. The summed E-state index contributed by atoms with van der Waals surface area (Å²) in [5.41, 5.74) is 0.386. The molecule has 1 aliphatic rings. The summed E-state index contributed by atoms with van der Waals surface area (Å²) in [6.45, 7) is 0.738. The van der Waals surface area contributed by atoms with E-state index in [0.29, 0.717) is 24.7 Å². The summed E-state index contributed by atoms with van der Waals surface area (Å²) in [5, 5.41) is 2.46. The van der Waals surface area contributed by atoms with Crippen molar-refractivity contribution in [2.24, 2.45) is 0 Å². The van der Waals surface area contributed by atoms with Crippen LogP contribution in [0.4, 0.5) is 15.8 Å². The van der Waals surface area contributed by atoms with Crippen LogP contribution in [-0.4, -0.2) is 27.5 Å². The van der Waals surface area contributed by atoms with E-state index in [0.717, 1.165) is 0 Å². The Bertz CT molecular complexity index is 1210. The SMILES string of the molecule is O=C(Nc1ccccc1F)c1cccc(NS(=O)(=O)c2ccc3c(c2)OCCO3)c1. The van der Waals surface area contributed by atoms with Crippen LogP contribution in [0.2, 0.25) is 0 Å². The van der Waals surface area contributed by atoms with Gasteiger partial charge >= 0.3 is 0 Å². The number of hydrogen-bond donors (Lipinski definition) is 2. The Hall–Kier alpha value is -3.59. The highest BCUT2D eigenvalue weighted by molar-refractivity contribution is 7.92. The van der Waals surface area contributed by atoms with Crippen molar-refractivity contribution in [3.05, 3.63) is 78.1 Å². The van der Waals surface area contributed by atoms with Gasteiger partial charge in [-0.3, -0.25) is 9.52 Å². The van der Waals surface area contributed by atoms with Gasteiger partial charge in [-0.1, -0.05) is 18.2 Å². The van der Waals surface area contributed by atoms with E-state index in [1.54, 1.807) is 6.07 Å². The molecule has 9 heteroatoms. The van der Waals surface area contributed by atoms with E-state index in [1.807, 2.05) is 0 Å². The zero-order valence-corrected chi connectivity index (χ0v) is 16.4. The lowest BCUT2D eigenvalue weighted by molar-refractivity contribution is 0.102. The second kappa shape index (κ2) is 8.03. The highest BCUT2D eigenvalue weighted by Gasteiger charge is 2.20. The zero-order chi connectivity index (χ0) is 21.1. The predicted octanol–water partition coefficient (Wildman–Crippen LogP) is 3.65. The van der Waals surface area contributed by atoms with Crippen molar-refractivity contribution in [1.82, 2.24) is 0 Å². The largest absolute Gasteiger partial charge is 0.486 e. The number of carbonyl (C=O) groups is 1. The van der Waals surface area contributed by atoms with Crippen LogP contribution in [0.3, 0.4) is 0 Å². The fourth-order valence-corrected chi connectivity index (χ4v) is 3.95. The number of nitrogens with one attached hydrogen (secondary N) is 2. The number of sulfonamides is 1. The van der Waals surface area contributed by atoms with Gasteiger partial charge in [-0.2, -0.15) is 0 Å². The molecule has 1 aliphatic heterocycles. The normalized spacial score (nSPS) is 12.8. The molecule has 0 atom stereocenters. The lowest BCUT2D eigenvalue weighted by Gasteiger charge is -2.19. The third-order valence-electron chi connectivity index (χ3n) is 4.32. The Morgan fingerprint density at radius 2 is 1.67 bits per heavy atom. The first-order chi connectivity index (χ1) is 14.4. The fraction of sp³-hybridized carbons (Fsp3) is 0.0952. The first-order valence-electron chi connectivity index (χ1n) is 9.01. The Morgan fingerprint density at radius 3 is 2.47 bits per heavy atom. The van der Waals surface area contributed by atoms with Gasteiger partial charge < -0.3 is 14.8 Å². The lowest BCUT2D eigenvalue weighted by atomic mass is 10.2. The Labute approximate surface area is 172 Å². The van der Waals surface area contributed by atoms with E-state index < -0.39 is 21.7 Å². The minimum atomic E-state index is -3.93. The zero-order valence-electron chi connectivity index (χ0n) is 15.6. The van der Waals surface area contributed by atoms with E-state index in [1.165, 1.54) is 60.7 Å². The molecule has 0 unspecified atom stereocenters. The molecule has 0 fully saturated rings. The number of para-hydroxylation sites is 1. The molecular weight excluding hydrogens is 411 g/mol. The van der Waals surface area contributed by atoms with Gasteiger partial charge in [-0.25, -0.2) is 12.8 Å². The molecule has 0 radical (unpaired) electrons. The minimum Gasteiger partial charge on any atom is -0.486 e. The van der Waals surface area contributed by atoms with Crippen molar-refractivity contribution in [3.63, 3.8) is 0 Å². The molecule has 1 heterocycles. The Balaban J connectivity index is 1.54. The van der Waals surface area contributed by atoms with Gasteiger partial charge in [-0.05, 0) is 42.5 Å². The van der Waals surface area contributed by atoms with Gasteiger partial charge in [0.05, 0.1) is 10.6 Å². The van der Waals surface area contributed by atoms with E-state index in [9.17, 15) is 17.6 Å². The number of carbonyl (C=O) groups excluding carboxylic acids is 1. The van der Waals surface area contributed by atoms with Gasteiger partial charge in [0, 0.05) is 17.3 Å². The Morgan fingerprint density at radius 1 is 0.900 bits per heavy atom. The van der Waals surface area contributed by atoms with E-state index >= 15 is 0 Å². The summed E-state index contributed by atoms with van der Waals surface area (Å²) in [6, 6.07) is 16.0. The van der Waals surface area contributed by atoms with Gasteiger partial charge in [0.25, 0.3) is 15.9 Å². The number of ether oxygens (including phenoxy) is 2. The summed E-state index contributed by atoms with van der Waals surface area (Å²) in [4.78, 5) is 12.4. The highest BCUT2D eigenvalue weighted by atomic mass is 32.2. The molecule has 0 aromatic heterocycles. The molecule has 0 saturated carbocycles. The van der Waals surface area contributed by atoms with Crippen molar-refractivity contribution < 1.29 is 27.1 Å². The van der Waals surface area contributed by atoms with Crippen molar-refractivity contribution in [3.8, 4) is 11.5 Å². The van der Waals surface area contributed by atoms with Crippen LogP contribution in [0.5, 0.6) is 11.5 Å². The van der Waals surface area contributed by atoms with Gasteiger partial charge in [0.15, 0.2) is 11.5 Å². The summed E-state index contributed by atoms with van der Waals surface area (Å²) in [6.07, 6.45) is 0. The monoisotopic (exact) mass is 428 g/mol. The molecule has 7 nitrogen and oxygen atoms in total. The third-order valence-corrected chi connectivity index (χ3v) is 5.70. The van der Waals surface area contributed by atoms with Gasteiger partial charge in [0.2, 0.25) is 0 Å². The number of anilines is 2. The molecule has 0 aliphatic carbocycles. The summed E-state index contributed by atoms with van der Waals surface area (Å²) >= 11 is 0. The molecule has 1 amide bonds. The van der Waals surface area contributed by atoms with Crippen molar-refractivity contribution in [2.75, 3.05) is 23.3 Å². The molecular formula is C21H17FN2O5S. The minimum absolute atomic E-state index is 0.00652. The summed E-state index contributed by atoms with van der Waals surface area (Å²) < 4.78 is 52.5. The van der Waals surface area contributed by atoms with Crippen LogP contribution in [0.15, 0.2) is 71.6 Å². The first-order valence-corrected chi connectivity index (χ1v) is 10.5. The molecule has 0 bridgehead atoms. The number of halogens is 1. The van der Waals surface area contributed by atoms with Crippen LogP contribution in [0, 0.1) is 5.82 Å². The average molecular weight is 428 g/mol. The summed E-state index contributed by atoms with van der Waals surface area (Å²) in [5.74, 6) is -0.309. The average Bonchev–Trinajstić information content (AvgIpc) is 2.75. The molecule has 4 rings (SSSR count). The van der Waals surface area contributed by atoms with E-state index in [4.69, 9.17) is 9.47 Å². The molecule has 0 saturated heterocycles. The lowest BCUT2D eigenvalue weighted by Crippen LogP contribution is -2.18. The second-order valence-electron chi connectivity index (χ2n) is 6.43. The highest BCUT2D eigenvalue weighted by Crippen LogP contribution is 2.32. The molecule has 30 heavy (non-hydrogen) atoms. The number of amides is 1. The van der Waals surface area contributed by atoms with Gasteiger partial charge in [0.1, 0.15) is 19.0 Å². The van der Waals surface area contributed by atoms with Crippen LogP contribution < -0.4 is 19.5 Å². The number of hydrogen-bond acceptors (Lipinski definition) is 5. The maximum absolute atomic E-state index is 13.7. The van der Waals surface area contributed by atoms with Crippen molar-refractivity contribution in [1.29, 1.82) is 0 Å². The van der Waals surface area contributed by atoms with Crippen molar-refractivity contribution in [2.45, 2.75) is 4.90 Å². The topological polar surface area (TPSA) is 93.7 Å². The third kappa shape index (κ3) is 4.20. The number of benzene rings is 3. The van der Waals surface area contributed by atoms with E-state index in [2.05, 4.69) is 10.0 Å². The number of rotatable bonds is 5.